The summed E-state index contributed by atoms with van der Waals surface area (Å²) in [7, 11) is 1.88. The Morgan fingerprint density at radius 1 is 1.48 bits per heavy atom. The first kappa shape index (κ1) is 16.0. The van der Waals surface area contributed by atoms with Crippen molar-refractivity contribution >= 4 is 33.3 Å². The predicted octanol–water partition coefficient (Wildman–Crippen LogP) is 4.18. The Hall–Kier alpha value is -1.33. The second-order valence-electron chi connectivity index (χ2n) is 4.67. The summed E-state index contributed by atoms with van der Waals surface area (Å²) >= 11 is 9.68. The number of carbonyl (C=O) groups is 1. The zero-order valence-corrected chi connectivity index (χ0v) is 14.5. The second kappa shape index (κ2) is 6.62. The van der Waals surface area contributed by atoms with Crippen LogP contribution in [0, 0.1) is 0 Å². The molecule has 4 nitrogen and oxygen atoms in total. The maximum atomic E-state index is 11.3. The van der Waals surface area contributed by atoms with Crippen molar-refractivity contribution in [2.45, 2.75) is 26.9 Å². The fraction of sp³-hybridized carbons (Fsp3) is 0.333. The number of Topliss-reactive ketones (excluding diaryl/α,β-unsaturated/α-hetero) is 1. The molecular formula is C15H16BrClN2O2. The van der Waals surface area contributed by atoms with Crippen molar-refractivity contribution in [3.63, 3.8) is 0 Å². The molecule has 0 radical (unpaired) electrons. The Balaban J connectivity index is 2.17. The number of ether oxygens (including phenoxy) is 1. The molecule has 0 amide bonds. The van der Waals surface area contributed by atoms with E-state index in [4.69, 9.17) is 16.3 Å². The first-order valence-corrected chi connectivity index (χ1v) is 7.74. The van der Waals surface area contributed by atoms with Gasteiger partial charge in [0.1, 0.15) is 12.4 Å². The lowest BCUT2D eigenvalue weighted by atomic mass is 10.1. The Morgan fingerprint density at radius 2 is 2.19 bits per heavy atom. The average molecular weight is 372 g/mol. The summed E-state index contributed by atoms with van der Waals surface area (Å²) in [6.07, 6.45) is 0.850. The fourth-order valence-electron chi connectivity index (χ4n) is 1.96. The van der Waals surface area contributed by atoms with Crippen molar-refractivity contribution in [3.8, 4) is 5.75 Å². The molecule has 2 aromatic rings. The van der Waals surface area contributed by atoms with Crippen LogP contribution in [0.3, 0.4) is 0 Å². The molecule has 0 aliphatic heterocycles. The number of benzene rings is 1. The van der Waals surface area contributed by atoms with E-state index in [0.29, 0.717) is 22.9 Å². The summed E-state index contributed by atoms with van der Waals surface area (Å²) in [6.45, 7) is 3.91. The molecule has 0 atom stereocenters. The highest BCUT2D eigenvalue weighted by atomic mass is 79.9. The minimum Gasteiger partial charge on any atom is -0.486 e. The molecule has 0 unspecified atom stereocenters. The van der Waals surface area contributed by atoms with E-state index in [9.17, 15) is 4.79 Å². The van der Waals surface area contributed by atoms with E-state index >= 15 is 0 Å². The number of hydrogen-bond acceptors (Lipinski definition) is 3. The van der Waals surface area contributed by atoms with Gasteiger partial charge >= 0.3 is 0 Å². The third-order valence-electron chi connectivity index (χ3n) is 3.21. The number of carbonyl (C=O) groups excluding carboxylic acids is 1. The van der Waals surface area contributed by atoms with E-state index in [1.54, 1.807) is 22.9 Å². The van der Waals surface area contributed by atoms with Crippen molar-refractivity contribution in [3.05, 3.63) is 44.6 Å². The lowest BCUT2D eigenvalue weighted by molar-refractivity contribution is 0.101. The van der Waals surface area contributed by atoms with Crippen LogP contribution in [0.25, 0.3) is 0 Å². The molecule has 1 aromatic carbocycles. The maximum absolute atomic E-state index is 11.3. The number of aromatic nitrogens is 2. The van der Waals surface area contributed by atoms with Gasteiger partial charge in [-0.3, -0.25) is 9.48 Å². The molecule has 112 valence electrons. The highest BCUT2D eigenvalue weighted by Gasteiger charge is 2.14. The lowest BCUT2D eigenvalue weighted by Gasteiger charge is -2.09. The smallest absolute Gasteiger partial charge is 0.159 e. The Kier molecular flexibility index (Phi) is 5.06. The van der Waals surface area contributed by atoms with Gasteiger partial charge in [-0.2, -0.15) is 5.10 Å². The van der Waals surface area contributed by atoms with Crippen LogP contribution in [-0.4, -0.2) is 15.6 Å². The monoisotopic (exact) mass is 370 g/mol. The molecule has 0 aliphatic carbocycles. The third kappa shape index (κ3) is 3.47. The zero-order chi connectivity index (χ0) is 15.6. The van der Waals surface area contributed by atoms with E-state index in [2.05, 4.69) is 28.0 Å². The van der Waals surface area contributed by atoms with Crippen LogP contribution >= 0.6 is 27.5 Å². The molecule has 1 aromatic heterocycles. The number of rotatable bonds is 5. The van der Waals surface area contributed by atoms with Crippen LogP contribution in [0.1, 0.15) is 35.6 Å². The number of ketones is 1. The second-order valence-corrected chi connectivity index (χ2v) is 5.87. The van der Waals surface area contributed by atoms with Crippen molar-refractivity contribution in [1.82, 2.24) is 9.78 Å². The van der Waals surface area contributed by atoms with Crippen LogP contribution in [0.2, 0.25) is 5.02 Å². The fourth-order valence-corrected chi connectivity index (χ4v) is 2.93. The molecule has 1 heterocycles. The molecule has 0 N–H and O–H groups in total. The molecule has 2 rings (SSSR count). The summed E-state index contributed by atoms with van der Waals surface area (Å²) in [5.74, 6) is 0.526. The molecule has 6 heteroatoms. The number of aryl methyl sites for hydroxylation is 2. The highest BCUT2D eigenvalue weighted by molar-refractivity contribution is 9.10. The van der Waals surface area contributed by atoms with Gasteiger partial charge in [-0.25, -0.2) is 0 Å². The van der Waals surface area contributed by atoms with E-state index in [0.717, 1.165) is 22.3 Å². The first-order valence-electron chi connectivity index (χ1n) is 6.57. The van der Waals surface area contributed by atoms with Gasteiger partial charge in [0.15, 0.2) is 5.78 Å². The van der Waals surface area contributed by atoms with Gasteiger partial charge in [0.2, 0.25) is 0 Å². The Bertz CT molecular complexity index is 683. The summed E-state index contributed by atoms with van der Waals surface area (Å²) in [5.41, 5.74) is 2.51. The predicted molar refractivity (Wildman–Crippen MR) is 86.1 cm³/mol. The van der Waals surface area contributed by atoms with Gasteiger partial charge in [0, 0.05) is 12.6 Å². The van der Waals surface area contributed by atoms with E-state index < -0.39 is 0 Å². The summed E-state index contributed by atoms with van der Waals surface area (Å²) in [4.78, 5) is 11.3. The molecule has 0 fully saturated rings. The molecule has 0 saturated heterocycles. The van der Waals surface area contributed by atoms with E-state index in [-0.39, 0.29) is 5.78 Å². The molecule has 0 bridgehead atoms. The van der Waals surface area contributed by atoms with Gasteiger partial charge in [-0.1, -0.05) is 18.5 Å². The van der Waals surface area contributed by atoms with Crippen LogP contribution in [-0.2, 0) is 20.1 Å². The van der Waals surface area contributed by atoms with E-state index in [1.165, 1.54) is 6.92 Å². The highest BCUT2D eigenvalue weighted by Crippen LogP contribution is 2.28. The third-order valence-corrected chi connectivity index (χ3v) is 4.42. The van der Waals surface area contributed by atoms with Crippen molar-refractivity contribution < 1.29 is 9.53 Å². The van der Waals surface area contributed by atoms with Crippen molar-refractivity contribution in [2.24, 2.45) is 7.05 Å². The number of halogens is 2. The maximum Gasteiger partial charge on any atom is 0.159 e. The summed E-state index contributed by atoms with van der Waals surface area (Å²) in [6, 6.07) is 5.04. The Labute approximate surface area is 137 Å². The SMILES string of the molecule is CCc1nn(C)c(COc2ccc(C(C)=O)cc2Cl)c1Br. The quantitative estimate of drug-likeness (QED) is 0.741. The number of nitrogens with zero attached hydrogens (tertiary/aromatic N) is 2. The van der Waals surface area contributed by atoms with Gasteiger partial charge in [0.05, 0.1) is 20.9 Å². The Morgan fingerprint density at radius 3 is 2.71 bits per heavy atom. The van der Waals surface area contributed by atoms with Crippen LogP contribution in [0.4, 0.5) is 0 Å². The van der Waals surface area contributed by atoms with Crippen molar-refractivity contribution in [2.75, 3.05) is 0 Å². The van der Waals surface area contributed by atoms with Crippen LogP contribution < -0.4 is 4.74 Å². The standard InChI is InChI=1S/C15H16BrClN2O2/c1-4-12-15(16)13(19(3)18-12)8-21-14-6-5-10(9(2)20)7-11(14)17/h5-7H,4,8H2,1-3H3. The minimum atomic E-state index is -0.0228. The molecule has 21 heavy (non-hydrogen) atoms. The molecule has 0 aliphatic rings. The average Bonchev–Trinajstić information content (AvgIpc) is 2.72. The first-order chi connectivity index (χ1) is 9.93. The normalized spacial score (nSPS) is 10.7. The van der Waals surface area contributed by atoms with Gasteiger partial charge in [-0.05, 0) is 47.5 Å². The van der Waals surface area contributed by atoms with Crippen molar-refractivity contribution in [1.29, 1.82) is 0 Å². The van der Waals surface area contributed by atoms with Crippen LogP contribution in [0.15, 0.2) is 22.7 Å². The summed E-state index contributed by atoms with van der Waals surface area (Å²) in [5, 5.41) is 4.84. The molecule has 0 spiro atoms. The van der Waals surface area contributed by atoms with Gasteiger partial charge < -0.3 is 4.74 Å². The van der Waals surface area contributed by atoms with Gasteiger partial charge in [-0.15, -0.1) is 0 Å². The lowest BCUT2D eigenvalue weighted by Crippen LogP contribution is -2.04. The summed E-state index contributed by atoms with van der Waals surface area (Å²) < 4.78 is 8.50. The molecular weight excluding hydrogens is 356 g/mol. The minimum absolute atomic E-state index is 0.0228. The largest absolute Gasteiger partial charge is 0.486 e. The van der Waals surface area contributed by atoms with E-state index in [1.807, 2.05) is 7.05 Å². The zero-order valence-electron chi connectivity index (χ0n) is 12.1. The number of hydrogen-bond donors (Lipinski definition) is 0. The van der Waals surface area contributed by atoms with Gasteiger partial charge in [0.25, 0.3) is 0 Å². The topological polar surface area (TPSA) is 44.1 Å². The van der Waals surface area contributed by atoms with Crippen LogP contribution in [0.5, 0.6) is 5.75 Å². The molecule has 0 saturated carbocycles.